The molecule has 0 aliphatic carbocycles. The van der Waals surface area contributed by atoms with E-state index in [4.69, 9.17) is 27.9 Å². The molecule has 2 nitrogen and oxygen atoms in total. The Labute approximate surface area is 109 Å². The van der Waals surface area contributed by atoms with Gasteiger partial charge >= 0.3 is 0 Å². The minimum absolute atomic E-state index is 0.129. The van der Waals surface area contributed by atoms with E-state index in [1.165, 1.54) is 0 Å². The average Bonchev–Trinajstić information content (AvgIpc) is 2.31. The lowest BCUT2D eigenvalue weighted by Gasteiger charge is -2.10. The first-order valence-electron chi connectivity index (χ1n) is 5.02. The number of ether oxygens (including phenoxy) is 1. The van der Waals surface area contributed by atoms with Crippen molar-refractivity contribution in [1.29, 1.82) is 0 Å². The van der Waals surface area contributed by atoms with Crippen molar-refractivity contribution in [2.75, 3.05) is 0 Å². The Hall–Kier alpha value is -1.22. The summed E-state index contributed by atoms with van der Waals surface area (Å²) in [4.78, 5) is 0. The van der Waals surface area contributed by atoms with E-state index in [0.717, 1.165) is 0 Å². The number of rotatable bonds is 3. The van der Waals surface area contributed by atoms with Gasteiger partial charge in [0.25, 0.3) is 0 Å². The largest absolute Gasteiger partial charge is 0.457 e. The Morgan fingerprint density at radius 1 is 1.00 bits per heavy atom. The monoisotopic (exact) mass is 268 g/mol. The fourth-order valence-corrected chi connectivity index (χ4v) is 1.80. The maximum absolute atomic E-state index is 9.21. The van der Waals surface area contributed by atoms with Crippen LogP contribution in [0.5, 0.6) is 11.5 Å². The van der Waals surface area contributed by atoms with Crippen molar-refractivity contribution < 1.29 is 9.84 Å². The van der Waals surface area contributed by atoms with Crippen molar-refractivity contribution in [1.82, 2.24) is 0 Å². The predicted octanol–water partition coefficient (Wildman–Crippen LogP) is 4.28. The first-order chi connectivity index (χ1) is 8.19. The lowest BCUT2D eigenvalue weighted by Crippen LogP contribution is -1.91. The Morgan fingerprint density at radius 2 is 1.76 bits per heavy atom. The molecule has 88 valence electrons. The molecule has 2 aromatic rings. The number of benzene rings is 2. The third-order valence-corrected chi connectivity index (χ3v) is 2.69. The van der Waals surface area contributed by atoms with E-state index < -0.39 is 0 Å². The second-order valence-electron chi connectivity index (χ2n) is 3.47. The molecule has 0 saturated heterocycles. The highest BCUT2D eigenvalue weighted by molar-refractivity contribution is 6.31. The van der Waals surface area contributed by atoms with E-state index in [0.29, 0.717) is 27.1 Å². The molecule has 0 aliphatic rings. The van der Waals surface area contributed by atoms with Crippen LogP contribution in [0.15, 0.2) is 42.5 Å². The number of aliphatic hydroxyl groups is 1. The molecule has 1 N–H and O–H groups in total. The summed E-state index contributed by atoms with van der Waals surface area (Å²) in [6, 6.07) is 12.2. The molecular weight excluding hydrogens is 259 g/mol. The molecule has 0 aliphatic heterocycles. The maximum Gasteiger partial charge on any atom is 0.133 e. The number of hydrogen-bond acceptors (Lipinski definition) is 2. The van der Waals surface area contributed by atoms with E-state index >= 15 is 0 Å². The lowest BCUT2D eigenvalue weighted by atomic mass is 10.2. The van der Waals surface area contributed by atoms with E-state index in [-0.39, 0.29) is 6.61 Å². The Bertz CT molecular complexity index is 527. The summed E-state index contributed by atoms with van der Waals surface area (Å²) in [5, 5.41) is 10.4. The second-order valence-corrected chi connectivity index (χ2v) is 4.34. The molecule has 0 radical (unpaired) electrons. The molecule has 0 atom stereocenters. The van der Waals surface area contributed by atoms with Crippen LogP contribution in [0.25, 0.3) is 0 Å². The highest BCUT2D eigenvalue weighted by Gasteiger charge is 2.05. The quantitative estimate of drug-likeness (QED) is 0.901. The maximum atomic E-state index is 9.21. The highest BCUT2D eigenvalue weighted by atomic mass is 35.5. The molecule has 0 unspecified atom stereocenters. The van der Waals surface area contributed by atoms with E-state index in [1.54, 1.807) is 42.5 Å². The summed E-state index contributed by atoms with van der Waals surface area (Å²) >= 11 is 11.7. The van der Waals surface area contributed by atoms with Crippen molar-refractivity contribution in [3.63, 3.8) is 0 Å². The van der Waals surface area contributed by atoms with Crippen LogP contribution in [0.2, 0.25) is 10.0 Å². The van der Waals surface area contributed by atoms with E-state index in [1.807, 2.05) is 0 Å². The van der Waals surface area contributed by atoms with Crippen LogP contribution in [-0.4, -0.2) is 5.11 Å². The van der Waals surface area contributed by atoms with Gasteiger partial charge < -0.3 is 9.84 Å². The molecule has 17 heavy (non-hydrogen) atoms. The van der Waals surface area contributed by atoms with Gasteiger partial charge in [-0.05, 0) is 36.4 Å². The van der Waals surface area contributed by atoms with Crippen LogP contribution in [0.3, 0.4) is 0 Å². The molecule has 0 amide bonds. The predicted molar refractivity (Wildman–Crippen MR) is 68.9 cm³/mol. The molecule has 0 bridgehead atoms. The molecule has 2 rings (SSSR count). The Morgan fingerprint density at radius 3 is 2.47 bits per heavy atom. The molecular formula is C13H10Cl2O2. The molecule has 0 fully saturated rings. The Balaban J connectivity index is 2.29. The summed E-state index contributed by atoms with van der Waals surface area (Å²) < 4.78 is 5.63. The van der Waals surface area contributed by atoms with Gasteiger partial charge in [-0.2, -0.15) is 0 Å². The van der Waals surface area contributed by atoms with Crippen molar-refractivity contribution in [3.05, 3.63) is 58.1 Å². The molecule has 2 aromatic carbocycles. The van der Waals surface area contributed by atoms with Gasteiger partial charge in [0.1, 0.15) is 11.5 Å². The van der Waals surface area contributed by atoms with Crippen molar-refractivity contribution >= 4 is 23.2 Å². The first kappa shape index (κ1) is 12.2. The number of aliphatic hydroxyl groups excluding tert-OH is 1. The van der Waals surface area contributed by atoms with Gasteiger partial charge in [0, 0.05) is 15.6 Å². The summed E-state index contributed by atoms with van der Waals surface area (Å²) in [6.07, 6.45) is 0. The minimum atomic E-state index is -0.129. The molecule has 4 heteroatoms. The molecule has 0 heterocycles. The topological polar surface area (TPSA) is 29.5 Å². The molecule has 0 aromatic heterocycles. The Kier molecular flexibility index (Phi) is 3.89. The van der Waals surface area contributed by atoms with Crippen molar-refractivity contribution in [2.45, 2.75) is 6.61 Å². The zero-order valence-corrected chi connectivity index (χ0v) is 10.4. The smallest absolute Gasteiger partial charge is 0.133 e. The normalized spacial score (nSPS) is 10.3. The van der Waals surface area contributed by atoms with E-state index in [2.05, 4.69) is 0 Å². The second kappa shape index (κ2) is 5.41. The van der Waals surface area contributed by atoms with Crippen LogP contribution < -0.4 is 4.74 Å². The zero-order valence-electron chi connectivity index (χ0n) is 8.86. The summed E-state index contributed by atoms with van der Waals surface area (Å²) in [5.41, 5.74) is 0.637. The number of halogens is 2. The van der Waals surface area contributed by atoms with Gasteiger partial charge in [-0.1, -0.05) is 29.3 Å². The lowest BCUT2D eigenvalue weighted by molar-refractivity contribution is 0.276. The fraction of sp³-hybridized carbons (Fsp3) is 0.0769. The summed E-state index contributed by atoms with van der Waals surface area (Å²) in [6.45, 7) is -0.129. The van der Waals surface area contributed by atoms with Crippen LogP contribution in [0.1, 0.15) is 5.56 Å². The van der Waals surface area contributed by atoms with Crippen molar-refractivity contribution in [3.8, 4) is 11.5 Å². The number of hydrogen-bond donors (Lipinski definition) is 1. The third-order valence-electron chi connectivity index (χ3n) is 2.22. The van der Waals surface area contributed by atoms with Gasteiger partial charge in [0.2, 0.25) is 0 Å². The van der Waals surface area contributed by atoms with Crippen molar-refractivity contribution in [2.24, 2.45) is 0 Å². The highest BCUT2D eigenvalue weighted by Crippen LogP contribution is 2.29. The standard InChI is InChI=1S/C13H10Cl2O2/c14-10-2-1-3-12(7-10)17-13-5-4-11(15)6-9(13)8-16/h1-7,16H,8H2. The van der Waals surface area contributed by atoms with Gasteiger partial charge in [0.05, 0.1) is 6.61 Å². The van der Waals surface area contributed by atoms with E-state index in [9.17, 15) is 5.11 Å². The average molecular weight is 269 g/mol. The van der Waals surface area contributed by atoms with Crippen LogP contribution in [-0.2, 0) is 6.61 Å². The van der Waals surface area contributed by atoms with Gasteiger partial charge in [-0.3, -0.25) is 0 Å². The third kappa shape index (κ3) is 3.13. The van der Waals surface area contributed by atoms with Crippen LogP contribution in [0.4, 0.5) is 0 Å². The van der Waals surface area contributed by atoms with Gasteiger partial charge in [0.15, 0.2) is 0 Å². The van der Waals surface area contributed by atoms with Crippen LogP contribution in [0, 0.1) is 0 Å². The van der Waals surface area contributed by atoms with Gasteiger partial charge in [-0.15, -0.1) is 0 Å². The zero-order chi connectivity index (χ0) is 12.3. The minimum Gasteiger partial charge on any atom is -0.457 e. The summed E-state index contributed by atoms with van der Waals surface area (Å²) in [5.74, 6) is 1.19. The molecule has 0 spiro atoms. The SMILES string of the molecule is OCc1cc(Cl)ccc1Oc1cccc(Cl)c1. The molecule has 0 saturated carbocycles. The van der Waals surface area contributed by atoms with Crippen LogP contribution >= 0.6 is 23.2 Å². The fourth-order valence-electron chi connectivity index (χ4n) is 1.43. The van der Waals surface area contributed by atoms with Gasteiger partial charge in [-0.25, -0.2) is 0 Å². The first-order valence-corrected chi connectivity index (χ1v) is 5.77. The summed E-state index contributed by atoms with van der Waals surface area (Å²) in [7, 11) is 0.